The molecule has 0 bridgehead atoms. The molecule has 1 aromatic carbocycles. The molecule has 0 amide bonds. The summed E-state index contributed by atoms with van der Waals surface area (Å²) >= 11 is 14.1. The summed E-state index contributed by atoms with van der Waals surface area (Å²) < 4.78 is 0. The minimum Gasteiger partial charge on any atom is -0.341 e. The number of carbonyl (C=O) groups excluding carboxylic acids is 1. The fourth-order valence-corrected chi connectivity index (χ4v) is 4.60. The molecule has 5 nitrogen and oxygen atoms in total. The number of Topliss-reactive ketones (excluding diaryl/α,β-unsaturated/α-hetero) is 1. The van der Waals surface area contributed by atoms with E-state index >= 15 is 0 Å². The van der Waals surface area contributed by atoms with Crippen LogP contribution in [-0.2, 0) is 11.2 Å². The van der Waals surface area contributed by atoms with Gasteiger partial charge in [-0.3, -0.25) is 9.78 Å². The molecule has 0 fully saturated rings. The highest BCUT2D eigenvalue weighted by atomic mass is 35.5. The highest BCUT2D eigenvalue weighted by Gasteiger charge is 2.21. The third-order valence-corrected chi connectivity index (χ3v) is 6.31. The van der Waals surface area contributed by atoms with Crippen LogP contribution in [0.3, 0.4) is 0 Å². The molecule has 3 heterocycles. The summed E-state index contributed by atoms with van der Waals surface area (Å²) in [6.07, 6.45) is 1.99. The predicted molar refractivity (Wildman–Crippen MR) is 122 cm³/mol. The van der Waals surface area contributed by atoms with E-state index in [1.807, 2.05) is 32.0 Å². The minimum absolute atomic E-state index is 0.0645. The maximum atomic E-state index is 11.5. The number of benzene rings is 1. The lowest BCUT2D eigenvalue weighted by Crippen LogP contribution is -1.98. The molecule has 0 aliphatic carbocycles. The molecule has 4 rings (SSSR count). The largest absolute Gasteiger partial charge is 0.341 e. The number of aryl methyl sites for hydroxylation is 2. The van der Waals surface area contributed by atoms with Crippen LogP contribution in [0.25, 0.3) is 32.5 Å². The monoisotopic (exact) mass is 456 g/mol. The zero-order valence-corrected chi connectivity index (χ0v) is 18.9. The van der Waals surface area contributed by atoms with E-state index in [1.165, 1.54) is 11.3 Å². The first-order valence-electron chi connectivity index (χ1n) is 9.26. The van der Waals surface area contributed by atoms with Crippen molar-refractivity contribution in [3.8, 4) is 32.5 Å². The summed E-state index contributed by atoms with van der Waals surface area (Å²) in [7, 11) is 0. The minimum atomic E-state index is 0.0645. The van der Waals surface area contributed by atoms with Gasteiger partial charge in [0.1, 0.15) is 16.6 Å². The number of aromatic nitrogens is 4. The smallest absolute Gasteiger partial charge is 0.150 e. The number of pyridine rings is 1. The average molecular weight is 457 g/mol. The molecule has 8 heteroatoms. The number of thiazole rings is 1. The molecular formula is C22H18Cl2N4OS. The van der Waals surface area contributed by atoms with Crippen molar-refractivity contribution < 1.29 is 4.79 Å². The molecule has 0 radical (unpaired) electrons. The topological polar surface area (TPSA) is 71.5 Å². The van der Waals surface area contributed by atoms with E-state index in [4.69, 9.17) is 28.2 Å². The number of H-pyrrole nitrogens is 1. The van der Waals surface area contributed by atoms with Crippen molar-refractivity contribution in [3.05, 3.63) is 63.7 Å². The van der Waals surface area contributed by atoms with Gasteiger partial charge in [-0.15, -0.1) is 11.3 Å². The number of nitrogens with zero attached hydrogens (tertiary/aromatic N) is 3. The van der Waals surface area contributed by atoms with Gasteiger partial charge < -0.3 is 4.98 Å². The Labute approximate surface area is 188 Å². The molecule has 3 aromatic heterocycles. The van der Waals surface area contributed by atoms with E-state index < -0.39 is 0 Å². The Kier molecular flexibility index (Phi) is 5.73. The molecule has 152 valence electrons. The van der Waals surface area contributed by atoms with Crippen LogP contribution >= 0.6 is 34.5 Å². The SMILES string of the molecule is CC(=O)Cc1cc(-c2nc(-c3ccc(Cl)cc3Cl)c(-c3nc(C)c(C)[nH]3)s2)ccn1. The maximum Gasteiger partial charge on any atom is 0.150 e. The number of ketones is 1. The van der Waals surface area contributed by atoms with Gasteiger partial charge >= 0.3 is 0 Å². The summed E-state index contributed by atoms with van der Waals surface area (Å²) in [5.74, 6) is 0.808. The second kappa shape index (κ2) is 8.30. The van der Waals surface area contributed by atoms with Crippen LogP contribution in [0.4, 0.5) is 0 Å². The van der Waals surface area contributed by atoms with Crippen LogP contribution in [0.15, 0.2) is 36.5 Å². The highest BCUT2D eigenvalue weighted by molar-refractivity contribution is 7.18. The summed E-state index contributed by atoms with van der Waals surface area (Å²) in [6, 6.07) is 9.15. The molecule has 0 aliphatic rings. The van der Waals surface area contributed by atoms with Gasteiger partial charge in [0.2, 0.25) is 0 Å². The molecule has 0 atom stereocenters. The third-order valence-electron chi connectivity index (χ3n) is 4.65. The van der Waals surface area contributed by atoms with Gasteiger partial charge in [0, 0.05) is 40.2 Å². The van der Waals surface area contributed by atoms with Gasteiger partial charge in [0.05, 0.1) is 21.3 Å². The summed E-state index contributed by atoms with van der Waals surface area (Å²) in [5.41, 5.74) is 5.05. The van der Waals surface area contributed by atoms with Crippen molar-refractivity contribution in [3.63, 3.8) is 0 Å². The molecule has 1 N–H and O–H groups in total. The van der Waals surface area contributed by atoms with E-state index in [0.29, 0.717) is 22.2 Å². The number of hydrogen-bond acceptors (Lipinski definition) is 5. The number of aromatic amines is 1. The van der Waals surface area contributed by atoms with Crippen molar-refractivity contribution in [1.82, 2.24) is 19.9 Å². The van der Waals surface area contributed by atoms with Gasteiger partial charge in [0.25, 0.3) is 0 Å². The number of imidazole rings is 1. The first-order valence-corrected chi connectivity index (χ1v) is 10.8. The molecule has 0 spiro atoms. The highest BCUT2D eigenvalue weighted by Crippen LogP contribution is 2.42. The van der Waals surface area contributed by atoms with Crippen molar-refractivity contribution in [2.75, 3.05) is 0 Å². The predicted octanol–water partition coefficient (Wildman–Crippen LogP) is 6.32. The van der Waals surface area contributed by atoms with Crippen molar-refractivity contribution in [2.24, 2.45) is 0 Å². The van der Waals surface area contributed by atoms with E-state index in [-0.39, 0.29) is 5.78 Å². The molecule has 0 aliphatic heterocycles. The van der Waals surface area contributed by atoms with Crippen LogP contribution in [0, 0.1) is 13.8 Å². The maximum absolute atomic E-state index is 11.5. The standard InChI is InChI=1S/C22H18Cl2N4OS/c1-11(29)8-16-9-14(6-7-25-16)22-28-19(17-5-4-15(23)10-18(17)24)20(30-22)21-26-12(2)13(3)27-21/h4-7,9-10H,8H2,1-3H3,(H,26,27). The molecular weight excluding hydrogens is 439 g/mol. The lowest BCUT2D eigenvalue weighted by atomic mass is 10.1. The fourth-order valence-electron chi connectivity index (χ4n) is 3.09. The lowest BCUT2D eigenvalue weighted by Gasteiger charge is -2.04. The fraction of sp³-hybridized carbons (Fsp3) is 0.182. The Morgan fingerprint density at radius 3 is 2.60 bits per heavy atom. The third kappa shape index (κ3) is 4.17. The van der Waals surface area contributed by atoms with Crippen LogP contribution in [0.2, 0.25) is 10.0 Å². The number of nitrogens with one attached hydrogen (secondary N) is 1. The van der Waals surface area contributed by atoms with Crippen molar-refractivity contribution in [2.45, 2.75) is 27.2 Å². The number of carbonyl (C=O) groups is 1. The molecule has 4 aromatic rings. The Bertz CT molecular complexity index is 1240. The van der Waals surface area contributed by atoms with Crippen molar-refractivity contribution >= 4 is 40.3 Å². The summed E-state index contributed by atoms with van der Waals surface area (Å²) in [6.45, 7) is 5.50. The number of halogens is 2. The number of rotatable bonds is 5. The molecule has 30 heavy (non-hydrogen) atoms. The first-order chi connectivity index (χ1) is 14.3. The Hall–Kier alpha value is -2.54. The van der Waals surface area contributed by atoms with E-state index in [0.717, 1.165) is 43.9 Å². The second-order valence-electron chi connectivity index (χ2n) is 7.03. The number of hydrogen-bond donors (Lipinski definition) is 1. The first kappa shape index (κ1) is 20.7. The van der Waals surface area contributed by atoms with E-state index in [1.54, 1.807) is 25.3 Å². The molecule has 0 saturated heterocycles. The summed E-state index contributed by atoms with van der Waals surface area (Å²) in [5, 5.41) is 1.88. The van der Waals surface area contributed by atoms with Gasteiger partial charge in [-0.05, 0) is 51.1 Å². The summed E-state index contributed by atoms with van der Waals surface area (Å²) in [4.78, 5) is 29.6. The Morgan fingerprint density at radius 2 is 1.93 bits per heavy atom. The van der Waals surface area contributed by atoms with Crippen LogP contribution in [-0.4, -0.2) is 25.7 Å². The quantitative estimate of drug-likeness (QED) is 0.381. The zero-order chi connectivity index (χ0) is 21.4. The Balaban J connectivity index is 1.89. The van der Waals surface area contributed by atoms with Gasteiger partial charge in [-0.2, -0.15) is 0 Å². The lowest BCUT2D eigenvalue weighted by molar-refractivity contribution is -0.116. The van der Waals surface area contributed by atoms with Gasteiger partial charge in [0.15, 0.2) is 0 Å². The Morgan fingerprint density at radius 1 is 1.13 bits per heavy atom. The molecule has 0 saturated carbocycles. The van der Waals surface area contributed by atoms with Gasteiger partial charge in [-0.1, -0.05) is 23.2 Å². The van der Waals surface area contributed by atoms with Gasteiger partial charge in [-0.25, -0.2) is 9.97 Å². The second-order valence-corrected chi connectivity index (χ2v) is 8.87. The van der Waals surface area contributed by atoms with Crippen LogP contribution < -0.4 is 0 Å². The molecule has 0 unspecified atom stereocenters. The van der Waals surface area contributed by atoms with E-state index in [2.05, 4.69) is 15.0 Å². The average Bonchev–Trinajstić information content (AvgIpc) is 3.25. The van der Waals surface area contributed by atoms with E-state index in [9.17, 15) is 4.79 Å². The van der Waals surface area contributed by atoms with Crippen LogP contribution in [0.5, 0.6) is 0 Å². The normalized spacial score (nSPS) is 11.1. The van der Waals surface area contributed by atoms with Crippen molar-refractivity contribution in [1.29, 1.82) is 0 Å². The zero-order valence-electron chi connectivity index (χ0n) is 16.6. The van der Waals surface area contributed by atoms with Crippen LogP contribution in [0.1, 0.15) is 24.0 Å².